The number of phenolic OH excluding ortho intramolecular Hbond substituents is 3. The number of phenols is 3. The first-order chi connectivity index (χ1) is 15.6. The normalized spacial score (nSPS) is 11.5. The molecule has 0 aliphatic carbocycles. The zero-order valence-electron chi connectivity index (χ0n) is 16.9. The van der Waals surface area contributed by atoms with E-state index in [9.17, 15) is 15.3 Å². The minimum atomic E-state index is 0.158. The van der Waals surface area contributed by atoms with Gasteiger partial charge < -0.3 is 19.7 Å². The molecule has 3 N–H and O–H groups in total. The van der Waals surface area contributed by atoms with Crippen molar-refractivity contribution in [2.24, 2.45) is 0 Å². The fourth-order valence-corrected chi connectivity index (χ4v) is 4.52. The molecule has 0 unspecified atom stereocenters. The fraction of sp³-hybridized carbons (Fsp3) is 0. The number of benzene rings is 5. The van der Waals surface area contributed by atoms with Crippen LogP contribution in [0.5, 0.6) is 17.2 Å². The van der Waals surface area contributed by atoms with Gasteiger partial charge in [-0.2, -0.15) is 0 Å². The van der Waals surface area contributed by atoms with Crippen LogP contribution in [-0.4, -0.2) is 15.3 Å². The largest absolute Gasteiger partial charge is 0.508 e. The van der Waals surface area contributed by atoms with E-state index >= 15 is 0 Å². The highest BCUT2D eigenvalue weighted by Crippen LogP contribution is 2.49. The van der Waals surface area contributed by atoms with Crippen LogP contribution >= 0.6 is 0 Å². The van der Waals surface area contributed by atoms with Gasteiger partial charge in [-0.1, -0.05) is 42.5 Å². The zero-order chi connectivity index (χ0) is 21.8. The molecule has 5 aromatic carbocycles. The van der Waals surface area contributed by atoms with Gasteiger partial charge in [0, 0.05) is 27.5 Å². The van der Waals surface area contributed by atoms with Crippen LogP contribution in [0.25, 0.3) is 55.0 Å². The Hall–Kier alpha value is -4.44. The Labute approximate surface area is 183 Å². The lowest BCUT2D eigenvalue weighted by molar-refractivity contribution is 0.475. The van der Waals surface area contributed by atoms with Crippen molar-refractivity contribution in [2.75, 3.05) is 0 Å². The molecule has 6 rings (SSSR count). The molecule has 0 bridgehead atoms. The maximum absolute atomic E-state index is 10.8. The summed E-state index contributed by atoms with van der Waals surface area (Å²) in [6.45, 7) is 0. The molecular formula is C28H18O4. The summed E-state index contributed by atoms with van der Waals surface area (Å²) in [4.78, 5) is 0. The smallest absolute Gasteiger partial charge is 0.143 e. The van der Waals surface area contributed by atoms with Gasteiger partial charge in [0.25, 0.3) is 0 Å². The molecule has 0 atom stereocenters. The highest BCUT2D eigenvalue weighted by Gasteiger charge is 2.24. The van der Waals surface area contributed by atoms with Crippen molar-refractivity contribution in [3.63, 3.8) is 0 Å². The Morgan fingerprint density at radius 2 is 1.25 bits per heavy atom. The van der Waals surface area contributed by atoms with E-state index in [0.29, 0.717) is 16.9 Å². The van der Waals surface area contributed by atoms with Gasteiger partial charge in [-0.05, 0) is 64.7 Å². The third-order valence-electron chi connectivity index (χ3n) is 5.95. The van der Waals surface area contributed by atoms with Crippen molar-refractivity contribution in [1.29, 1.82) is 0 Å². The van der Waals surface area contributed by atoms with Gasteiger partial charge >= 0.3 is 0 Å². The maximum atomic E-state index is 10.8. The molecule has 1 heterocycles. The molecule has 0 saturated carbocycles. The second kappa shape index (κ2) is 6.79. The van der Waals surface area contributed by atoms with Crippen molar-refractivity contribution in [1.82, 2.24) is 0 Å². The third kappa shape index (κ3) is 2.63. The zero-order valence-corrected chi connectivity index (χ0v) is 16.9. The molecule has 0 fully saturated rings. The second-order valence-corrected chi connectivity index (χ2v) is 7.85. The molecule has 32 heavy (non-hydrogen) atoms. The molecule has 0 spiro atoms. The topological polar surface area (TPSA) is 73.8 Å². The first-order valence-corrected chi connectivity index (χ1v) is 10.3. The summed E-state index contributed by atoms with van der Waals surface area (Å²) in [7, 11) is 0. The molecule has 6 aromatic rings. The quantitative estimate of drug-likeness (QED) is 0.260. The number of para-hydroxylation sites is 1. The highest BCUT2D eigenvalue weighted by molar-refractivity contribution is 6.28. The summed E-state index contributed by atoms with van der Waals surface area (Å²) >= 11 is 0. The average molecular weight is 418 g/mol. The van der Waals surface area contributed by atoms with Gasteiger partial charge in [-0.15, -0.1) is 0 Å². The van der Waals surface area contributed by atoms with Crippen molar-refractivity contribution in [3.8, 4) is 39.7 Å². The Kier molecular flexibility index (Phi) is 3.89. The molecule has 0 aliphatic heterocycles. The summed E-state index contributed by atoms with van der Waals surface area (Å²) in [5.74, 6) is 1.12. The van der Waals surface area contributed by atoms with Crippen LogP contribution in [0.1, 0.15) is 0 Å². The minimum Gasteiger partial charge on any atom is -0.508 e. The summed E-state index contributed by atoms with van der Waals surface area (Å²) in [6.07, 6.45) is 0. The number of fused-ring (bicyclic) bond motifs is 6. The van der Waals surface area contributed by atoms with Gasteiger partial charge in [0.05, 0.1) is 0 Å². The van der Waals surface area contributed by atoms with E-state index in [-0.39, 0.29) is 17.2 Å². The average Bonchev–Trinajstić information content (AvgIpc) is 3.20. The van der Waals surface area contributed by atoms with Crippen molar-refractivity contribution in [2.45, 2.75) is 0 Å². The van der Waals surface area contributed by atoms with Gasteiger partial charge in [-0.25, -0.2) is 0 Å². The molecule has 0 radical (unpaired) electrons. The minimum absolute atomic E-state index is 0.158. The van der Waals surface area contributed by atoms with Crippen molar-refractivity contribution < 1.29 is 19.7 Å². The Bertz CT molecular complexity index is 1640. The van der Waals surface area contributed by atoms with Crippen molar-refractivity contribution in [3.05, 3.63) is 91.0 Å². The van der Waals surface area contributed by atoms with E-state index in [2.05, 4.69) is 0 Å². The van der Waals surface area contributed by atoms with E-state index < -0.39 is 0 Å². The molecule has 4 nitrogen and oxygen atoms in total. The molecule has 154 valence electrons. The third-order valence-corrected chi connectivity index (χ3v) is 5.95. The lowest BCUT2D eigenvalue weighted by Gasteiger charge is -2.09. The molecule has 0 aliphatic rings. The van der Waals surface area contributed by atoms with E-state index in [1.54, 1.807) is 48.5 Å². The summed E-state index contributed by atoms with van der Waals surface area (Å²) in [6, 6.07) is 27.3. The Balaban J connectivity index is 1.88. The van der Waals surface area contributed by atoms with E-state index in [4.69, 9.17) is 4.42 Å². The molecular weight excluding hydrogens is 400 g/mol. The van der Waals surface area contributed by atoms with Gasteiger partial charge in [0.2, 0.25) is 0 Å². The summed E-state index contributed by atoms with van der Waals surface area (Å²) in [5, 5.41) is 35.3. The molecule has 4 heteroatoms. The van der Waals surface area contributed by atoms with E-state index in [1.165, 1.54) is 0 Å². The summed E-state index contributed by atoms with van der Waals surface area (Å²) < 4.78 is 6.52. The standard InChI is InChI=1S/C28H18O4/c29-17-11-9-16(10-12-17)27-26(22-7-3-4-8-24(22)31)25-20-6-2-1-5-19(20)23-15-18(30)13-14-21(23)28(25)32-27/h1-15,29-31H. The monoisotopic (exact) mass is 418 g/mol. The lowest BCUT2D eigenvalue weighted by Crippen LogP contribution is -1.84. The van der Waals surface area contributed by atoms with E-state index in [0.717, 1.165) is 38.1 Å². The van der Waals surface area contributed by atoms with Crippen LogP contribution in [0.2, 0.25) is 0 Å². The molecule has 0 amide bonds. The number of furan rings is 1. The van der Waals surface area contributed by atoms with Gasteiger partial charge in [-0.3, -0.25) is 0 Å². The van der Waals surface area contributed by atoms with Crippen LogP contribution in [0, 0.1) is 0 Å². The van der Waals surface area contributed by atoms with E-state index in [1.807, 2.05) is 42.5 Å². The predicted octanol–water partition coefficient (Wildman–Crippen LogP) is 7.19. The van der Waals surface area contributed by atoms with Crippen LogP contribution in [-0.2, 0) is 0 Å². The molecule has 0 saturated heterocycles. The van der Waals surface area contributed by atoms with Gasteiger partial charge in [0.15, 0.2) is 0 Å². The Morgan fingerprint density at radius 3 is 2.03 bits per heavy atom. The number of rotatable bonds is 2. The fourth-order valence-electron chi connectivity index (χ4n) is 4.52. The number of aromatic hydroxyl groups is 3. The molecule has 1 aromatic heterocycles. The SMILES string of the molecule is Oc1ccc(-c2oc3c4ccc(O)cc4c4ccccc4c3c2-c2ccccc2O)cc1. The maximum Gasteiger partial charge on any atom is 0.143 e. The van der Waals surface area contributed by atoms with Gasteiger partial charge in [0.1, 0.15) is 28.6 Å². The first-order valence-electron chi connectivity index (χ1n) is 10.3. The number of hydrogen-bond acceptors (Lipinski definition) is 4. The number of hydrogen-bond donors (Lipinski definition) is 3. The lowest BCUT2D eigenvalue weighted by atomic mass is 9.92. The van der Waals surface area contributed by atoms with Crippen LogP contribution < -0.4 is 0 Å². The van der Waals surface area contributed by atoms with Crippen LogP contribution in [0.15, 0.2) is 95.4 Å². The van der Waals surface area contributed by atoms with Crippen molar-refractivity contribution >= 4 is 32.5 Å². The van der Waals surface area contributed by atoms with Crippen LogP contribution in [0.3, 0.4) is 0 Å². The Morgan fingerprint density at radius 1 is 0.562 bits per heavy atom. The second-order valence-electron chi connectivity index (χ2n) is 7.85. The highest BCUT2D eigenvalue weighted by atomic mass is 16.3. The first kappa shape index (κ1) is 18.3. The summed E-state index contributed by atoms with van der Waals surface area (Å²) in [5.41, 5.74) is 2.92. The predicted molar refractivity (Wildman–Crippen MR) is 127 cm³/mol. The van der Waals surface area contributed by atoms with Crippen LogP contribution in [0.4, 0.5) is 0 Å².